The van der Waals surface area contributed by atoms with Crippen molar-refractivity contribution in [2.45, 2.75) is 6.92 Å². The van der Waals surface area contributed by atoms with E-state index in [4.69, 9.17) is 0 Å². The Bertz CT molecular complexity index is 90.1. The first-order valence-electron chi connectivity index (χ1n) is 3.89. The van der Waals surface area contributed by atoms with E-state index in [0.717, 1.165) is 13.1 Å². The van der Waals surface area contributed by atoms with Crippen LogP contribution in [-0.2, 0) is 0 Å². The van der Waals surface area contributed by atoms with E-state index in [1.54, 1.807) is 0 Å². The molecule has 0 aliphatic carbocycles. The van der Waals surface area contributed by atoms with Gasteiger partial charge in [0, 0.05) is 0 Å². The molecule has 0 aromatic carbocycles. The summed E-state index contributed by atoms with van der Waals surface area (Å²) in [6.45, 7) is 11.5. The first-order chi connectivity index (χ1) is 4.45. The topological polar surface area (TPSA) is 3.24 Å². The van der Waals surface area contributed by atoms with E-state index in [-0.39, 0.29) is 0 Å². The van der Waals surface area contributed by atoms with Crippen LogP contribution in [-0.4, -0.2) is 43.6 Å². The van der Waals surface area contributed by atoms with Gasteiger partial charge in [-0.15, -0.1) is 0 Å². The fourth-order valence-corrected chi connectivity index (χ4v) is 1.85. The summed E-state index contributed by atoms with van der Waals surface area (Å²) in [6, 6.07) is 0. The predicted octanol–water partition coefficient (Wildman–Crippen LogP) is 1.79. The molecule has 0 aliphatic heterocycles. The molecule has 0 spiro atoms. The second-order valence-corrected chi connectivity index (χ2v) is 10.0. The minimum absolute atomic E-state index is 0.827. The van der Waals surface area contributed by atoms with E-state index in [9.17, 15) is 0 Å². The minimum atomic E-state index is -0.827. The van der Waals surface area contributed by atoms with Crippen molar-refractivity contribution < 1.29 is 0 Å². The zero-order valence-corrected chi connectivity index (χ0v) is 9.41. The maximum absolute atomic E-state index is 4.30. The van der Waals surface area contributed by atoms with Gasteiger partial charge in [0.2, 0.25) is 0 Å². The van der Waals surface area contributed by atoms with Crippen molar-refractivity contribution in [3.8, 4) is 0 Å². The predicted molar refractivity (Wildman–Crippen MR) is 57.2 cm³/mol. The van der Waals surface area contributed by atoms with E-state index < -0.39 is 7.26 Å². The summed E-state index contributed by atoms with van der Waals surface area (Å²) in [7, 11) is -0.827. The van der Waals surface area contributed by atoms with Crippen LogP contribution >= 0.6 is 20.1 Å². The Morgan fingerprint density at radius 1 is 1.30 bits per heavy atom. The Balaban J connectivity index is 3.36. The maximum atomic E-state index is 4.30. The molecular formula is C7H20NPS. The van der Waals surface area contributed by atoms with Crippen molar-refractivity contribution in [1.29, 1.82) is 0 Å². The van der Waals surface area contributed by atoms with Crippen molar-refractivity contribution >= 4 is 20.1 Å². The average Bonchev–Trinajstić information content (AvgIpc) is 1.81. The molecule has 0 aromatic heterocycles. The second kappa shape index (κ2) is 4.58. The van der Waals surface area contributed by atoms with Gasteiger partial charge in [-0.2, -0.15) is 0 Å². The van der Waals surface area contributed by atoms with Gasteiger partial charge in [0.25, 0.3) is 0 Å². The van der Waals surface area contributed by atoms with Crippen LogP contribution in [0.4, 0.5) is 0 Å². The number of rotatable bonds is 4. The van der Waals surface area contributed by atoms with Crippen molar-refractivity contribution in [2.75, 3.05) is 39.2 Å². The molecule has 0 unspecified atom stereocenters. The third-order valence-electron chi connectivity index (χ3n) is 1.48. The SMILES string of the molecule is CCN(S)CC[PH](C)(C)C. The first-order valence-corrected chi connectivity index (χ1v) is 8.00. The van der Waals surface area contributed by atoms with Crippen LogP contribution in [0.25, 0.3) is 0 Å². The summed E-state index contributed by atoms with van der Waals surface area (Å²) in [4.78, 5) is 0. The van der Waals surface area contributed by atoms with Gasteiger partial charge < -0.3 is 0 Å². The molecule has 3 heteroatoms. The van der Waals surface area contributed by atoms with Crippen molar-refractivity contribution in [2.24, 2.45) is 0 Å². The van der Waals surface area contributed by atoms with E-state index in [1.807, 2.05) is 0 Å². The summed E-state index contributed by atoms with van der Waals surface area (Å²) >= 11 is 4.30. The second-order valence-electron chi connectivity index (χ2n) is 3.86. The molecule has 0 saturated carbocycles. The van der Waals surface area contributed by atoms with Crippen molar-refractivity contribution in [1.82, 2.24) is 4.31 Å². The molecule has 0 fully saturated rings. The van der Waals surface area contributed by atoms with Gasteiger partial charge in [-0.1, -0.05) is 0 Å². The fourth-order valence-electron chi connectivity index (χ4n) is 0.623. The summed E-state index contributed by atoms with van der Waals surface area (Å²) in [6.07, 6.45) is 1.35. The third kappa shape index (κ3) is 6.85. The Morgan fingerprint density at radius 3 is 2.10 bits per heavy atom. The molecular weight excluding hydrogens is 161 g/mol. The quantitative estimate of drug-likeness (QED) is 0.511. The van der Waals surface area contributed by atoms with Gasteiger partial charge in [0.05, 0.1) is 0 Å². The van der Waals surface area contributed by atoms with Crippen LogP contribution in [0.1, 0.15) is 6.92 Å². The van der Waals surface area contributed by atoms with Crippen LogP contribution in [0, 0.1) is 0 Å². The zero-order valence-electron chi connectivity index (χ0n) is 7.52. The van der Waals surface area contributed by atoms with Crippen molar-refractivity contribution in [3.05, 3.63) is 0 Å². The standard InChI is InChI=1S/C7H20NPS/c1-5-8(10)6-7-9(2,3)4/h9-10H,5-7H2,1-4H3. The summed E-state index contributed by atoms with van der Waals surface area (Å²) in [5.41, 5.74) is 0. The van der Waals surface area contributed by atoms with E-state index in [2.05, 4.69) is 44.0 Å². The molecule has 0 N–H and O–H groups in total. The molecule has 0 aliphatic rings. The first kappa shape index (κ1) is 10.7. The molecule has 0 rings (SSSR count). The monoisotopic (exact) mass is 181 g/mol. The van der Waals surface area contributed by atoms with E-state index in [0.29, 0.717) is 0 Å². The summed E-state index contributed by atoms with van der Waals surface area (Å²) < 4.78 is 2.08. The average molecular weight is 181 g/mol. The Labute approximate surface area is 71.1 Å². The number of thiol groups is 1. The Morgan fingerprint density at radius 2 is 1.80 bits per heavy atom. The van der Waals surface area contributed by atoms with Gasteiger partial charge in [-0.3, -0.25) is 0 Å². The zero-order chi connectivity index (χ0) is 8.20. The fraction of sp³-hybridized carbons (Fsp3) is 1.00. The van der Waals surface area contributed by atoms with Crippen LogP contribution in [0.2, 0.25) is 0 Å². The van der Waals surface area contributed by atoms with Gasteiger partial charge in [0.1, 0.15) is 0 Å². The molecule has 10 heavy (non-hydrogen) atoms. The van der Waals surface area contributed by atoms with Crippen LogP contribution in [0.15, 0.2) is 0 Å². The molecule has 0 amide bonds. The van der Waals surface area contributed by atoms with Crippen LogP contribution in [0.3, 0.4) is 0 Å². The normalized spacial score (nSPS) is 14.2. The molecule has 0 aromatic rings. The third-order valence-corrected chi connectivity index (χ3v) is 3.69. The van der Waals surface area contributed by atoms with E-state index >= 15 is 0 Å². The van der Waals surface area contributed by atoms with E-state index in [1.165, 1.54) is 6.16 Å². The summed E-state index contributed by atoms with van der Waals surface area (Å²) in [5.74, 6) is 0. The van der Waals surface area contributed by atoms with Crippen LogP contribution in [0.5, 0.6) is 0 Å². The number of hydrogen-bond donors (Lipinski definition) is 1. The van der Waals surface area contributed by atoms with Gasteiger partial charge in [-0.25, -0.2) is 0 Å². The Kier molecular flexibility index (Phi) is 4.92. The molecule has 0 bridgehead atoms. The summed E-state index contributed by atoms with van der Waals surface area (Å²) in [5, 5.41) is 0. The van der Waals surface area contributed by atoms with Gasteiger partial charge in [0.15, 0.2) is 0 Å². The molecule has 0 heterocycles. The molecule has 0 atom stereocenters. The number of nitrogens with zero attached hydrogens (tertiary/aromatic N) is 1. The molecule has 64 valence electrons. The van der Waals surface area contributed by atoms with Crippen molar-refractivity contribution in [3.63, 3.8) is 0 Å². The molecule has 1 nitrogen and oxygen atoms in total. The number of hydrogen-bond acceptors (Lipinski definition) is 2. The van der Waals surface area contributed by atoms with Gasteiger partial charge in [-0.05, 0) is 0 Å². The molecule has 0 radical (unpaired) electrons. The van der Waals surface area contributed by atoms with Gasteiger partial charge >= 0.3 is 70.6 Å². The Hall–Kier alpha value is 0.740. The molecule has 0 saturated heterocycles. The van der Waals surface area contributed by atoms with Crippen LogP contribution < -0.4 is 0 Å².